The van der Waals surface area contributed by atoms with Gasteiger partial charge in [0.25, 0.3) is 5.91 Å². The van der Waals surface area contributed by atoms with Crippen molar-refractivity contribution in [3.8, 4) is 0 Å². The van der Waals surface area contributed by atoms with E-state index < -0.39 is 6.04 Å². The van der Waals surface area contributed by atoms with Gasteiger partial charge in [-0.1, -0.05) is 12.1 Å². The smallest absolute Gasteiger partial charge is 0.253 e. The van der Waals surface area contributed by atoms with E-state index in [0.717, 1.165) is 22.9 Å². The Morgan fingerprint density at radius 3 is 3.00 bits per heavy atom. The molecule has 1 aliphatic rings. The molecule has 102 valence electrons. The monoisotopic (exact) mass is 324 g/mol. The highest BCUT2D eigenvalue weighted by Crippen LogP contribution is 2.21. The molecular weight excluding hydrogens is 308 g/mol. The van der Waals surface area contributed by atoms with Gasteiger partial charge in [-0.05, 0) is 53.7 Å². The molecule has 4 nitrogen and oxygen atoms in total. The van der Waals surface area contributed by atoms with Crippen LogP contribution in [-0.2, 0) is 4.79 Å². The van der Waals surface area contributed by atoms with Crippen molar-refractivity contribution < 1.29 is 9.59 Å². The predicted octanol–water partition coefficient (Wildman–Crippen LogP) is 2.16. The van der Waals surface area contributed by atoms with Crippen molar-refractivity contribution in [1.82, 2.24) is 10.6 Å². The molecule has 1 aliphatic heterocycles. The number of hydrogen-bond acceptors (Lipinski definition) is 2. The van der Waals surface area contributed by atoms with E-state index in [4.69, 9.17) is 0 Å². The van der Waals surface area contributed by atoms with Crippen LogP contribution in [-0.4, -0.2) is 24.4 Å². The number of hydrogen-bond donors (Lipinski definition) is 2. The second-order valence-electron chi connectivity index (χ2n) is 4.75. The first-order valence-electron chi connectivity index (χ1n) is 6.43. The molecule has 1 aromatic carbocycles. The van der Waals surface area contributed by atoms with Crippen molar-refractivity contribution >= 4 is 27.7 Å². The summed E-state index contributed by atoms with van der Waals surface area (Å²) in [5.41, 5.74) is 1.56. The Morgan fingerprint density at radius 2 is 2.21 bits per heavy atom. The van der Waals surface area contributed by atoms with Crippen LogP contribution < -0.4 is 10.6 Å². The average molecular weight is 325 g/mol. The van der Waals surface area contributed by atoms with Crippen LogP contribution in [0.15, 0.2) is 22.7 Å². The van der Waals surface area contributed by atoms with Crippen LogP contribution in [0.4, 0.5) is 0 Å². The Morgan fingerprint density at radius 1 is 1.42 bits per heavy atom. The van der Waals surface area contributed by atoms with Gasteiger partial charge in [-0.3, -0.25) is 9.59 Å². The molecule has 0 aliphatic carbocycles. The minimum Gasteiger partial charge on any atom is -0.354 e. The summed E-state index contributed by atoms with van der Waals surface area (Å²) in [6.45, 7) is 2.62. The van der Waals surface area contributed by atoms with Gasteiger partial charge in [-0.2, -0.15) is 0 Å². The minimum absolute atomic E-state index is 0.0883. The number of carbonyl (C=O) groups is 2. The molecule has 19 heavy (non-hydrogen) atoms. The van der Waals surface area contributed by atoms with Crippen LogP contribution in [0.2, 0.25) is 0 Å². The first-order chi connectivity index (χ1) is 9.09. The van der Waals surface area contributed by atoms with E-state index in [1.807, 2.05) is 19.1 Å². The average Bonchev–Trinajstić information content (AvgIpc) is 2.58. The molecule has 1 atom stereocenters. The number of rotatable bonds is 2. The summed E-state index contributed by atoms with van der Waals surface area (Å²) in [6, 6.07) is 5.09. The quantitative estimate of drug-likeness (QED) is 0.875. The van der Waals surface area contributed by atoms with Gasteiger partial charge in [-0.25, -0.2) is 0 Å². The van der Waals surface area contributed by atoms with Crippen molar-refractivity contribution in [2.24, 2.45) is 0 Å². The molecule has 2 N–H and O–H groups in total. The molecule has 0 aromatic heterocycles. The molecule has 0 saturated carbocycles. The molecule has 1 fully saturated rings. The lowest BCUT2D eigenvalue weighted by molar-refractivity contribution is -0.122. The molecule has 2 amide bonds. The van der Waals surface area contributed by atoms with Crippen LogP contribution >= 0.6 is 15.9 Å². The number of halogens is 1. The lowest BCUT2D eigenvalue weighted by Gasteiger charge is -2.16. The van der Waals surface area contributed by atoms with Gasteiger partial charge in [0, 0.05) is 11.0 Å². The van der Waals surface area contributed by atoms with Gasteiger partial charge < -0.3 is 10.6 Å². The summed E-state index contributed by atoms with van der Waals surface area (Å²) in [5.74, 6) is -0.299. The Labute approximate surface area is 121 Å². The second kappa shape index (κ2) is 6.19. The first kappa shape index (κ1) is 14.1. The molecule has 0 bridgehead atoms. The lowest BCUT2D eigenvalue weighted by atomic mass is 10.1. The van der Waals surface area contributed by atoms with E-state index in [-0.39, 0.29) is 11.8 Å². The fourth-order valence-electron chi connectivity index (χ4n) is 2.14. The number of benzene rings is 1. The van der Waals surface area contributed by atoms with Crippen molar-refractivity contribution in [2.45, 2.75) is 32.2 Å². The second-order valence-corrected chi connectivity index (χ2v) is 5.54. The Balaban J connectivity index is 2.12. The Hall–Kier alpha value is -1.36. The van der Waals surface area contributed by atoms with E-state index in [1.54, 1.807) is 6.07 Å². The van der Waals surface area contributed by atoms with E-state index >= 15 is 0 Å². The van der Waals surface area contributed by atoms with Crippen molar-refractivity contribution in [2.75, 3.05) is 6.54 Å². The molecule has 1 aromatic rings. The summed E-state index contributed by atoms with van der Waals surface area (Å²) in [4.78, 5) is 24.0. The topological polar surface area (TPSA) is 58.2 Å². The van der Waals surface area contributed by atoms with E-state index in [0.29, 0.717) is 18.5 Å². The van der Waals surface area contributed by atoms with Crippen molar-refractivity contribution in [3.63, 3.8) is 0 Å². The van der Waals surface area contributed by atoms with Gasteiger partial charge in [-0.15, -0.1) is 0 Å². The van der Waals surface area contributed by atoms with Gasteiger partial charge in [0.05, 0.1) is 5.56 Å². The highest BCUT2D eigenvalue weighted by molar-refractivity contribution is 9.10. The van der Waals surface area contributed by atoms with Crippen LogP contribution in [0.25, 0.3) is 0 Å². The van der Waals surface area contributed by atoms with Gasteiger partial charge in [0.2, 0.25) is 5.91 Å². The van der Waals surface area contributed by atoms with Crippen LogP contribution in [0.1, 0.15) is 35.2 Å². The zero-order valence-electron chi connectivity index (χ0n) is 10.8. The third-order valence-corrected chi connectivity index (χ3v) is 4.33. The summed E-state index contributed by atoms with van der Waals surface area (Å²) in [5, 5.41) is 5.62. The highest BCUT2D eigenvalue weighted by Gasteiger charge is 2.23. The molecule has 0 radical (unpaired) electrons. The van der Waals surface area contributed by atoms with Crippen LogP contribution in [0.5, 0.6) is 0 Å². The maximum absolute atomic E-state index is 12.2. The third-order valence-electron chi connectivity index (χ3n) is 3.28. The zero-order valence-corrected chi connectivity index (χ0v) is 12.4. The summed E-state index contributed by atoms with van der Waals surface area (Å²) < 4.78 is 0.779. The van der Waals surface area contributed by atoms with E-state index in [2.05, 4.69) is 26.6 Å². The van der Waals surface area contributed by atoms with Gasteiger partial charge in [0.1, 0.15) is 6.04 Å². The molecule has 1 heterocycles. The fourth-order valence-corrected chi connectivity index (χ4v) is 2.58. The number of aryl methyl sites for hydroxylation is 1. The molecule has 1 unspecified atom stereocenters. The van der Waals surface area contributed by atoms with Crippen LogP contribution in [0, 0.1) is 6.92 Å². The molecule has 1 saturated heterocycles. The van der Waals surface area contributed by atoms with Gasteiger partial charge >= 0.3 is 0 Å². The predicted molar refractivity (Wildman–Crippen MR) is 77.0 cm³/mol. The van der Waals surface area contributed by atoms with Gasteiger partial charge in [0.15, 0.2) is 0 Å². The molecule has 5 heteroatoms. The van der Waals surface area contributed by atoms with Crippen molar-refractivity contribution in [1.29, 1.82) is 0 Å². The third kappa shape index (κ3) is 3.35. The molecule has 0 spiro atoms. The minimum atomic E-state index is -0.428. The van der Waals surface area contributed by atoms with Crippen molar-refractivity contribution in [3.05, 3.63) is 33.8 Å². The molecule has 2 rings (SSSR count). The fraction of sp³-hybridized carbons (Fsp3) is 0.429. The maximum atomic E-state index is 12.2. The van der Waals surface area contributed by atoms with E-state index in [1.165, 1.54) is 0 Å². The number of carbonyl (C=O) groups excluding carboxylic acids is 2. The summed E-state index contributed by atoms with van der Waals surface area (Å²) in [7, 11) is 0. The standard InChI is InChI=1S/C14H17BrN2O2/c1-9-5-4-6-10(12(9)15)13(18)17-11-7-2-3-8-16-14(11)19/h4-6,11H,2-3,7-8H2,1H3,(H,16,19)(H,17,18). The normalized spacial score (nSPS) is 19.5. The highest BCUT2D eigenvalue weighted by atomic mass is 79.9. The Bertz CT molecular complexity index is 502. The summed E-state index contributed by atoms with van der Waals surface area (Å²) in [6.07, 6.45) is 2.60. The lowest BCUT2D eigenvalue weighted by Crippen LogP contribution is -2.45. The first-order valence-corrected chi connectivity index (χ1v) is 7.22. The summed E-state index contributed by atoms with van der Waals surface area (Å²) >= 11 is 3.41. The Kier molecular flexibility index (Phi) is 4.58. The number of nitrogens with one attached hydrogen (secondary N) is 2. The number of amides is 2. The van der Waals surface area contributed by atoms with Crippen LogP contribution in [0.3, 0.4) is 0 Å². The van der Waals surface area contributed by atoms with E-state index in [9.17, 15) is 9.59 Å². The SMILES string of the molecule is Cc1cccc(C(=O)NC2CCCCNC2=O)c1Br. The largest absolute Gasteiger partial charge is 0.354 e. The molecular formula is C14H17BrN2O2. The maximum Gasteiger partial charge on any atom is 0.253 e. The zero-order chi connectivity index (χ0) is 13.8.